The van der Waals surface area contributed by atoms with Crippen LogP contribution in [0, 0.1) is 12.7 Å². The fourth-order valence-electron chi connectivity index (χ4n) is 4.03. The first-order chi connectivity index (χ1) is 16.4. The summed E-state index contributed by atoms with van der Waals surface area (Å²) in [5.74, 6) is 0.924. The Morgan fingerprint density at radius 1 is 1.09 bits per heavy atom. The van der Waals surface area contributed by atoms with E-state index >= 15 is 0 Å². The van der Waals surface area contributed by atoms with Crippen LogP contribution in [0.4, 0.5) is 4.39 Å². The Bertz CT molecular complexity index is 1300. The summed E-state index contributed by atoms with van der Waals surface area (Å²) >= 11 is 0. The molecule has 176 valence electrons. The highest BCUT2D eigenvalue weighted by atomic mass is 19.1. The van der Waals surface area contributed by atoms with Crippen molar-refractivity contribution < 1.29 is 15.3 Å². The van der Waals surface area contributed by atoms with Crippen molar-refractivity contribution in [2.24, 2.45) is 0 Å². The number of amides is 1. The van der Waals surface area contributed by atoms with Crippen molar-refractivity contribution in [3.05, 3.63) is 95.4 Å². The number of methoxy groups -OCH3 is 1. The monoisotopic (exact) mass is 459 g/mol. The average Bonchev–Trinajstić information content (AvgIpc) is 3.26. The number of carbonyl (C=O) groups is 1. The lowest BCUT2D eigenvalue weighted by Crippen LogP contribution is -2.29. The molecule has 3 aromatic carbocycles. The number of nitrogens with zero attached hydrogens (tertiary/aromatic N) is 2. The zero-order valence-electron chi connectivity index (χ0n) is 19.8. The van der Waals surface area contributed by atoms with Gasteiger partial charge < -0.3 is 14.6 Å². The van der Waals surface area contributed by atoms with Crippen molar-refractivity contribution in [2.75, 3.05) is 7.11 Å². The Labute approximate surface area is 200 Å². The number of benzene rings is 3. The molecule has 0 saturated carbocycles. The minimum Gasteiger partial charge on any atom is -0.497 e. The largest absolute Gasteiger partial charge is 0.497 e. The number of halogens is 1. The number of hydrogen-bond acceptors (Lipinski definition) is 3. The van der Waals surface area contributed by atoms with Crippen molar-refractivity contribution in [3.63, 3.8) is 0 Å². The van der Waals surface area contributed by atoms with Gasteiger partial charge in [-0.25, -0.2) is 9.37 Å². The van der Waals surface area contributed by atoms with Gasteiger partial charge in [0.2, 0.25) is 0 Å². The van der Waals surface area contributed by atoms with Gasteiger partial charge in [-0.2, -0.15) is 0 Å². The van der Waals surface area contributed by atoms with Crippen LogP contribution in [-0.4, -0.2) is 22.6 Å². The van der Waals surface area contributed by atoms with Gasteiger partial charge in [-0.3, -0.25) is 4.79 Å². The van der Waals surface area contributed by atoms with Gasteiger partial charge in [0.1, 0.15) is 28.8 Å². The van der Waals surface area contributed by atoms with Gasteiger partial charge in [0.15, 0.2) is 0 Å². The molecule has 6 heteroatoms. The highest BCUT2D eigenvalue weighted by Crippen LogP contribution is 2.31. The second-order valence-electron chi connectivity index (χ2n) is 8.18. The quantitative estimate of drug-likeness (QED) is 0.346. The van der Waals surface area contributed by atoms with E-state index < -0.39 is 0 Å². The predicted octanol–water partition coefficient (Wildman–Crippen LogP) is 6.43. The third-order valence-electron chi connectivity index (χ3n) is 5.93. The SMILES string of the molecule is CCn1c(-c2ccccc2)nc(-c2ccc(F)c(C)c2)c1C(=O)N[C@H](C)c1ccc(OC)cc1.[HH]. The van der Waals surface area contributed by atoms with E-state index in [0.29, 0.717) is 34.9 Å². The van der Waals surface area contributed by atoms with Crippen LogP contribution in [0.1, 0.15) is 42.9 Å². The number of carbonyl (C=O) groups excluding carboxylic acids is 1. The summed E-state index contributed by atoms with van der Waals surface area (Å²) in [6.07, 6.45) is 0. The second kappa shape index (κ2) is 9.91. The normalized spacial score (nSPS) is 11.8. The smallest absolute Gasteiger partial charge is 0.270 e. The van der Waals surface area contributed by atoms with Gasteiger partial charge >= 0.3 is 0 Å². The molecule has 1 N–H and O–H groups in total. The highest BCUT2D eigenvalue weighted by molar-refractivity contribution is 5.99. The molecule has 0 spiro atoms. The van der Waals surface area contributed by atoms with Crippen molar-refractivity contribution in [2.45, 2.75) is 33.4 Å². The molecule has 4 rings (SSSR count). The van der Waals surface area contributed by atoms with Crippen LogP contribution in [0.25, 0.3) is 22.6 Å². The fourth-order valence-corrected chi connectivity index (χ4v) is 4.03. The average molecular weight is 460 g/mol. The number of nitrogens with one attached hydrogen (secondary N) is 1. The van der Waals surface area contributed by atoms with E-state index in [1.54, 1.807) is 26.2 Å². The van der Waals surface area contributed by atoms with Crippen molar-refractivity contribution >= 4 is 5.91 Å². The Hall–Kier alpha value is -3.93. The van der Waals surface area contributed by atoms with Crippen LogP contribution in [-0.2, 0) is 6.54 Å². The van der Waals surface area contributed by atoms with E-state index in [4.69, 9.17) is 9.72 Å². The molecule has 1 amide bonds. The van der Waals surface area contributed by atoms with Gasteiger partial charge in [-0.05, 0) is 62.2 Å². The van der Waals surface area contributed by atoms with Crippen LogP contribution in [0.3, 0.4) is 0 Å². The van der Waals surface area contributed by atoms with E-state index in [-0.39, 0.29) is 19.2 Å². The van der Waals surface area contributed by atoms with E-state index in [2.05, 4.69) is 5.32 Å². The van der Waals surface area contributed by atoms with Crippen molar-refractivity contribution in [1.82, 2.24) is 14.9 Å². The summed E-state index contributed by atoms with van der Waals surface area (Å²) in [5.41, 5.74) is 4.05. The molecule has 34 heavy (non-hydrogen) atoms. The van der Waals surface area contributed by atoms with Crippen LogP contribution >= 0.6 is 0 Å². The van der Waals surface area contributed by atoms with Gasteiger partial charge in [0, 0.05) is 19.1 Å². The molecule has 0 bridgehead atoms. The third kappa shape index (κ3) is 4.57. The summed E-state index contributed by atoms with van der Waals surface area (Å²) in [6.45, 7) is 6.18. The maximum Gasteiger partial charge on any atom is 0.270 e. The minimum absolute atomic E-state index is 0. The summed E-state index contributed by atoms with van der Waals surface area (Å²) in [6, 6.07) is 21.9. The second-order valence-corrected chi connectivity index (χ2v) is 8.18. The Balaban J connectivity index is 0.00000342. The summed E-state index contributed by atoms with van der Waals surface area (Å²) in [4.78, 5) is 18.5. The summed E-state index contributed by atoms with van der Waals surface area (Å²) in [7, 11) is 1.62. The standard InChI is InChI=1S/C28H28FN3O2.H2/c1-5-32-26(28(33)30-19(3)20-11-14-23(34-4)15-12-20)25(22-13-16-24(29)18(2)17-22)31-27(32)21-9-7-6-8-10-21;/h6-17,19H,5H2,1-4H3,(H,30,33);1H/t19-;/m1./s1. The molecule has 1 aromatic heterocycles. The molecule has 0 saturated heterocycles. The number of ether oxygens (including phenoxy) is 1. The predicted molar refractivity (Wildman–Crippen MR) is 134 cm³/mol. The molecule has 5 nitrogen and oxygen atoms in total. The minimum atomic E-state index is -0.291. The molecule has 0 aliphatic rings. The summed E-state index contributed by atoms with van der Waals surface area (Å²) in [5, 5.41) is 3.11. The lowest BCUT2D eigenvalue weighted by Gasteiger charge is -2.17. The van der Waals surface area contributed by atoms with E-state index in [1.165, 1.54) is 6.07 Å². The number of imidazole rings is 1. The van der Waals surface area contributed by atoms with Gasteiger partial charge in [0.05, 0.1) is 13.2 Å². The molecular formula is C28H30FN3O2. The van der Waals surface area contributed by atoms with Gasteiger partial charge in [-0.15, -0.1) is 0 Å². The van der Waals surface area contributed by atoms with Crippen molar-refractivity contribution in [1.29, 1.82) is 0 Å². The number of aryl methyl sites for hydroxylation is 1. The maximum atomic E-state index is 14.0. The van der Waals surface area contributed by atoms with E-state index in [9.17, 15) is 9.18 Å². The maximum absolute atomic E-state index is 14.0. The molecule has 1 heterocycles. The van der Waals surface area contributed by atoms with Crippen LogP contribution < -0.4 is 10.1 Å². The number of aromatic nitrogens is 2. The van der Waals surface area contributed by atoms with Gasteiger partial charge in [-0.1, -0.05) is 42.5 Å². The van der Waals surface area contributed by atoms with Crippen molar-refractivity contribution in [3.8, 4) is 28.4 Å². The molecule has 0 aliphatic heterocycles. The first kappa shape index (κ1) is 23.2. The number of rotatable bonds is 7. The van der Waals surface area contributed by atoms with Crippen LogP contribution in [0.5, 0.6) is 5.75 Å². The zero-order chi connectivity index (χ0) is 24.2. The van der Waals surface area contributed by atoms with Crippen LogP contribution in [0.15, 0.2) is 72.8 Å². The summed E-state index contributed by atoms with van der Waals surface area (Å²) < 4.78 is 21.1. The van der Waals surface area contributed by atoms with E-state index in [1.807, 2.05) is 73.0 Å². The van der Waals surface area contributed by atoms with E-state index in [0.717, 1.165) is 16.9 Å². The van der Waals surface area contributed by atoms with Gasteiger partial charge in [0.25, 0.3) is 5.91 Å². The zero-order valence-corrected chi connectivity index (χ0v) is 19.8. The van der Waals surface area contributed by atoms with Crippen LogP contribution in [0.2, 0.25) is 0 Å². The molecule has 0 aliphatic carbocycles. The molecule has 0 unspecified atom stereocenters. The lowest BCUT2D eigenvalue weighted by atomic mass is 10.1. The molecular weight excluding hydrogens is 429 g/mol. The number of hydrogen-bond donors (Lipinski definition) is 1. The highest BCUT2D eigenvalue weighted by Gasteiger charge is 2.25. The topological polar surface area (TPSA) is 56.2 Å². The molecule has 1 atom stereocenters. The Kier molecular flexibility index (Phi) is 6.77. The Morgan fingerprint density at radius 2 is 1.79 bits per heavy atom. The first-order valence-electron chi connectivity index (χ1n) is 11.3. The molecule has 0 radical (unpaired) electrons. The first-order valence-corrected chi connectivity index (χ1v) is 11.3. The third-order valence-corrected chi connectivity index (χ3v) is 5.93. The molecule has 0 fully saturated rings. The fraction of sp³-hybridized carbons (Fsp3) is 0.214. The Morgan fingerprint density at radius 3 is 2.41 bits per heavy atom. The molecule has 4 aromatic rings. The lowest BCUT2D eigenvalue weighted by molar-refractivity contribution is 0.0931.